The van der Waals surface area contributed by atoms with E-state index in [9.17, 15) is 14.7 Å². The van der Waals surface area contributed by atoms with Crippen LogP contribution in [0.25, 0.3) is 0 Å². The van der Waals surface area contributed by atoms with Crippen LogP contribution < -0.4 is 5.32 Å². The van der Waals surface area contributed by atoms with Gasteiger partial charge < -0.3 is 15.3 Å². The normalized spacial score (nSPS) is 17.9. The lowest BCUT2D eigenvalue weighted by molar-refractivity contribution is -0.140. The highest BCUT2D eigenvalue weighted by Gasteiger charge is 2.33. The quantitative estimate of drug-likeness (QED) is 0.890. The second-order valence-corrected chi connectivity index (χ2v) is 6.73. The second kappa shape index (κ2) is 7.15. The first-order valence-corrected chi connectivity index (χ1v) is 8.82. The molecule has 0 radical (unpaired) electrons. The van der Waals surface area contributed by atoms with Crippen molar-refractivity contribution >= 4 is 23.2 Å². The van der Waals surface area contributed by atoms with Crippen molar-refractivity contribution in [3.8, 4) is 0 Å². The summed E-state index contributed by atoms with van der Waals surface area (Å²) in [5.74, 6) is -0.350. The molecule has 0 fully saturated rings. The van der Waals surface area contributed by atoms with Gasteiger partial charge in [0.05, 0.1) is 6.10 Å². The second-order valence-electron chi connectivity index (χ2n) is 5.95. The van der Waals surface area contributed by atoms with Gasteiger partial charge in [-0.2, -0.15) is 11.3 Å². The van der Waals surface area contributed by atoms with Gasteiger partial charge in [0.1, 0.15) is 6.04 Å². The number of thiophene rings is 1. The summed E-state index contributed by atoms with van der Waals surface area (Å²) in [6.45, 7) is 2.06. The van der Waals surface area contributed by atoms with Crippen LogP contribution in [0.4, 0.5) is 0 Å². The summed E-state index contributed by atoms with van der Waals surface area (Å²) in [5.41, 5.74) is 2.96. The van der Waals surface area contributed by atoms with E-state index in [0.29, 0.717) is 13.0 Å². The highest BCUT2D eigenvalue weighted by molar-refractivity contribution is 7.07. The Balaban J connectivity index is 1.69. The standard InChI is InChI=1S/C18H20N2O3S/c1-12(21)20-10-14-5-3-2-4-13(14)8-16(20)18(23)19-9-17(22)15-6-7-24-11-15/h2-7,11,16-17,22H,8-10H2,1H3,(H,19,23). The first kappa shape index (κ1) is 16.7. The Morgan fingerprint density at radius 3 is 2.75 bits per heavy atom. The number of benzene rings is 1. The number of amides is 2. The van der Waals surface area contributed by atoms with Gasteiger partial charge in [-0.25, -0.2) is 0 Å². The molecule has 2 amide bonds. The van der Waals surface area contributed by atoms with E-state index in [-0.39, 0.29) is 18.4 Å². The number of hydrogen-bond acceptors (Lipinski definition) is 4. The van der Waals surface area contributed by atoms with Gasteiger partial charge in [-0.05, 0) is 33.5 Å². The monoisotopic (exact) mass is 344 g/mol. The molecule has 0 aliphatic carbocycles. The van der Waals surface area contributed by atoms with Crippen molar-refractivity contribution in [2.24, 2.45) is 0 Å². The predicted octanol–water partition coefficient (Wildman–Crippen LogP) is 1.87. The fourth-order valence-electron chi connectivity index (χ4n) is 2.99. The number of fused-ring (bicyclic) bond motifs is 1. The number of carbonyl (C=O) groups is 2. The van der Waals surface area contributed by atoms with Crippen LogP contribution in [0.15, 0.2) is 41.1 Å². The highest BCUT2D eigenvalue weighted by atomic mass is 32.1. The van der Waals surface area contributed by atoms with Gasteiger partial charge in [0.25, 0.3) is 0 Å². The maximum Gasteiger partial charge on any atom is 0.243 e. The minimum Gasteiger partial charge on any atom is -0.387 e. The molecule has 2 unspecified atom stereocenters. The molecule has 0 spiro atoms. The lowest BCUT2D eigenvalue weighted by Gasteiger charge is -2.35. The van der Waals surface area contributed by atoms with Gasteiger partial charge in [0.2, 0.25) is 11.8 Å². The average Bonchev–Trinajstić information content (AvgIpc) is 3.12. The smallest absolute Gasteiger partial charge is 0.243 e. The molecule has 0 bridgehead atoms. The van der Waals surface area contributed by atoms with Gasteiger partial charge in [-0.1, -0.05) is 24.3 Å². The molecule has 0 saturated carbocycles. The van der Waals surface area contributed by atoms with E-state index in [1.807, 2.05) is 41.1 Å². The van der Waals surface area contributed by atoms with Crippen LogP contribution in [-0.4, -0.2) is 34.4 Å². The fraction of sp³-hybridized carbons (Fsp3) is 0.333. The zero-order valence-electron chi connectivity index (χ0n) is 13.4. The summed E-state index contributed by atoms with van der Waals surface area (Å²) < 4.78 is 0. The maximum atomic E-state index is 12.6. The Labute approximate surface area is 144 Å². The molecule has 3 rings (SSSR count). The number of aliphatic hydroxyl groups is 1. The number of rotatable bonds is 4. The molecule has 2 N–H and O–H groups in total. The third-order valence-corrected chi connectivity index (χ3v) is 5.05. The third kappa shape index (κ3) is 3.49. The molecule has 0 saturated heterocycles. The third-order valence-electron chi connectivity index (χ3n) is 4.35. The van der Waals surface area contributed by atoms with Gasteiger partial charge in [-0.3, -0.25) is 9.59 Å². The maximum absolute atomic E-state index is 12.6. The fourth-order valence-corrected chi connectivity index (χ4v) is 3.69. The van der Waals surface area contributed by atoms with Crippen molar-refractivity contribution in [3.63, 3.8) is 0 Å². The van der Waals surface area contributed by atoms with Crippen LogP contribution in [0.2, 0.25) is 0 Å². The van der Waals surface area contributed by atoms with Crippen LogP contribution in [-0.2, 0) is 22.6 Å². The molecule has 5 nitrogen and oxygen atoms in total. The Hall–Kier alpha value is -2.18. The highest BCUT2D eigenvalue weighted by Crippen LogP contribution is 2.24. The molecule has 2 heterocycles. The Morgan fingerprint density at radius 1 is 1.33 bits per heavy atom. The Kier molecular flexibility index (Phi) is 4.97. The summed E-state index contributed by atoms with van der Waals surface area (Å²) in [5, 5.41) is 16.6. The topological polar surface area (TPSA) is 69.6 Å². The number of hydrogen-bond donors (Lipinski definition) is 2. The number of nitrogens with one attached hydrogen (secondary N) is 1. The molecular formula is C18H20N2O3S. The molecule has 2 aromatic rings. The van der Waals surface area contributed by atoms with Crippen molar-refractivity contribution in [1.29, 1.82) is 0 Å². The zero-order chi connectivity index (χ0) is 17.1. The molecular weight excluding hydrogens is 324 g/mol. The molecule has 1 aliphatic rings. The number of aliphatic hydroxyl groups excluding tert-OH is 1. The van der Waals surface area contributed by atoms with Crippen LogP contribution in [0.3, 0.4) is 0 Å². The zero-order valence-corrected chi connectivity index (χ0v) is 14.3. The van der Waals surface area contributed by atoms with Crippen molar-refractivity contribution in [2.75, 3.05) is 6.54 Å². The molecule has 2 atom stereocenters. The van der Waals surface area contributed by atoms with Crippen molar-refractivity contribution in [3.05, 3.63) is 57.8 Å². The van der Waals surface area contributed by atoms with Crippen molar-refractivity contribution in [2.45, 2.75) is 32.0 Å². The molecule has 1 aromatic heterocycles. The lowest BCUT2D eigenvalue weighted by atomic mass is 9.93. The van der Waals surface area contributed by atoms with Gasteiger partial charge in [0.15, 0.2) is 0 Å². The van der Waals surface area contributed by atoms with E-state index < -0.39 is 12.1 Å². The predicted molar refractivity (Wildman–Crippen MR) is 92.4 cm³/mol. The van der Waals surface area contributed by atoms with Crippen molar-refractivity contribution in [1.82, 2.24) is 10.2 Å². The molecule has 126 valence electrons. The lowest BCUT2D eigenvalue weighted by Crippen LogP contribution is -2.52. The van der Waals surface area contributed by atoms with E-state index in [2.05, 4.69) is 5.32 Å². The van der Waals surface area contributed by atoms with Gasteiger partial charge in [-0.15, -0.1) is 0 Å². The molecule has 1 aromatic carbocycles. The van der Waals surface area contributed by atoms with E-state index in [1.165, 1.54) is 18.3 Å². The van der Waals surface area contributed by atoms with Crippen LogP contribution in [0.5, 0.6) is 0 Å². The van der Waals surface area contributed by atoms with Crippen LogP contribution in [0, 0.1) is 0 Å². The van der Waals surface area contributed by atoms with Gasteiger partial charge >= 0.3 is 0 Å². The van der Waals surface area contributed by atoms with E-state index in [0.717, 1.165) is 16.7 Å². The summed E-state index contributed by atoms with van der Waals surface area (Å²) >= 11 is 1.50. The van der Waals surface area contributed by atoms with Crippen LogP contribution in [0.1, 0.15) is 29.7 Å². The SMILES string of the molecule is CC(=O)N1Cc2ccccc2CC1C(=O)NCC(O)c1ccsc1. The van der Waals surface area contributed by atoms with Gasteiger partial charge in [0, 0.05) is 26.4 Å². The first-order chi connectivity index (χ1) is 11.6. The van der Waals surface area contributed by atoms with E-state index >= 15 is 0 Å². The Morgan fingerprint density at radius 2 is 2.08 bits per heavy atom. The van der Waals surface area contributed by atoms with Crippen molar-refractivity contribution < 1.29 is 14.7 Å². The molecule has 24 heavy (non-hydrogen) atoms. The minimum atomic E-state index is -0.734. The summed E-state index contributed by atoms with van der Waals surface area (Å²) in [4.78, 5) is 26.1. The number of carbonyl (C=O) groups excluding carboxylic acids is 2. The van der Waals surface area contributed by atoms with Crippen LogP contribution >= 0.6 is 11.3 Å². The molecule has 6 heteroatoms. The Bertz CT molecular complexity index is 730. The number of nitrogens with zero attached hydrogens (tertiary/aromatic N) is 1. The summed E-state index contributed by atoms with van der Waals surface area (Å²) in [6, 6.07) is 9.16. The molecule has 1 aliphatic heterocycles. The average molecular weight is 344 g/mol. The largest absolute Gasteiger partial charge is 0.387 e. The first-order valence-electron chi connectivity index (χ1n) is 7.88. The van der Waals surface area contributed by atoms with E-state index in [4.69, 9.17) is 0 Å². The minimum absolute atomic E-state index is 0.122. The summed E-state index contributed by atoms with van der Waals surface area (Å²) in [7, 11) is 0. The van der Waals surface area contributed by atoms with E-state index in [1.54, 1.807) is 4.90 Å². The summed E-state index contributed by atoms with van der Waals surface area (Å²) in [6.07, 6.45) is -0.238.